The van der Waals surface area contributed by atoms with Crippen molar-refractivity contribution in [2.75, 3.05) is 33.1 Å². The van der Waals surface area contributed by atoms with Gasteiger partial charge in [0.05, 0.1) is 10.6 Å². The number of aromatic nitrogens is 4. The Labute approximate surface area is 117 Å². The predicted octanol–water partition coefficient (Wildman–Crippen LogP) is -0.0214. The molecule has 2 aromatic rings. The van der Waals surface area contributed by atoms with E-state index >= 15 is 0 Å². The van der Waals surface area contributed by atoms with Gasteiger partial charge in [0, 0.05) is 28.2 Å². The maximum Gasteiger partial charge on any atom is 0.249 e. The SMILES string of the molecule is CN(C)c1nnnn1-c1ccc(S(=O)(=O)N(C)C)cc1. The second-order valence-electron chi connectivity index (χ2n) is 4.57. The lowest BCUT2D eigenvalue weighted by molar-refractivity contribution is 0.520. The largest absolute Gasteiger partial charge is 0.345 e. The van der Waals surface area contributed by atoms with Gasteiger partial charge in [-0.3, -0.25) is 0 Å². The van der Waals surface area contributed by atoms with E-state index < -0.39 is 10.0 Å². The molecule has 0 atom stereocenters. The standard InChI is InChI=1S/C11H16N6O2S/c1-15(2)11-12-13-14-17(11)9-5-7-10(8-6-9)20(18,19)16(3)4/h5-8H,1-4H3. The molecule has 2 rings (SSSR count). The van der Waals surface area contributed by atoms with E-state index in [0.29, 0.717) is 11.6 Å². The number of sulfonamides is 1. The van der Waals surface area contributed by atoms with E-state index in [0.717, 1.165) is 0 Å². The van der Waals surface area contributed by atoms with Crippen LogP contribution in [-0.2, 0) is 10.0 Å². The topological polar surface area (TPSA) is 84.2 Å². The average molecular weight is 296 g/mol. The van der Waals surface area contributed by atoms with Crippen molar-refractivity contribution >= 4 is 16.0 Å². The lowest BCUT2D eigenvalue weighted by Gasteiger charge is -2.13. The van der Waals surface area contributed by atoms with Crippen LogP contribution in [0.2, 0.25) is 0 Å². The van der Waals surface area contributed by atoms with Crippen molar-refractivity contribution in [3.05, 3.63) is 24.3 Å². The van der Waals surface area contributed by atoms with E-state index in [1.165, 1.54) is 35.2 Å². The fourth-order valence-electron chi connectivity index (χ4n) is 1.60. The third-order valence-corrected chi connectivity index (χ3v) is 4.54. The lowest BCUT2D eigenvalue weighted by Crippen LogP contribution is -2.22. The molecular formula is C11H16N6O2S. The molecule has 0 fully saturated rings. The van der Waals surface area contributed by atoms with Crippen molar-refractivity contribution in [3.8, 4) is 5.69 Å². The molecule has 1 aromatic carbocycles. The van der Waals surface area contributed by atoms with Crippen LogP contribution in [0, 0.1) is 0 Å². The molecule has 0 unspecified atom stereocenters. The number of benzene rings is 1. The van der Waals surface area contributed by atoms with Crippen LogP contribution < -0.4 is 4.90 Å². The summed E-state index contributed by atoms with van der Waals surface area (Å²) in [7, 11) is 3.22. The first kappa shape index (κ1) is 14.4. The summed E-state index contributed by atoms with van der Waals surface area (Å²) in [5, 5.41) is 11.4. The van der Waals surface area contributed by atoms with Gasteiger partial charge in [0.2, 0.25) is 16.0 Å². The molecule has 0 aliphatic heterocycles. The summed E-state index contributed by atoms with van der Waals surface area (Å²) >= 11 is 0. The Morgan fingerprint density at radius 3 is 2.15 bits per heavy atom. The zero-order chi connectivity index (χ0) is 14.9. The van der Waals surface area contributed by atoms with Crippen LogP contribution in [-0.4, -0.2) is 61.1 Å². The number of hydrogen-bond donors (Lipinski definition) is 0. The number of anilines is 1. The Morgan fingerprint density at radius 2 is 1.65 bits per heavy atom. The van der Waals surface area contributed by atoms with Crippen LogP contribution in [0.5, 0.6) is 0 Å². The number of rotatable bonds is 4. The van der Waals surface area contributed by atoms with Gasteiger partial charge in [-0.25, -0.2) is 12.7 Å². The van der Waals surface area contributed by atoms with Gasteiger partial charge in [0.15, 0.2) is 0 Å². The maximum absolute atomic E-state index is 12.0. The van der Waals surface area contributed by atoms with Crippen molar-refractivity contribution in [2.24, 2.45) is 0 Å². The van der Waals surface area contributed by atoms with Crippen LogP contribution in [0.25, 0.3) is 5.69 Å². The monoisotopic (exact) mass is 296 g/mol. The van der Waals surface area contributed by atoms with Crippen molar-refractivity contribution in [2.45, 2.75) is 4.90 Å². The number of nitrogens with zero attached hydrogens (tertiary/aromatic N) is 6. The molecule has 20 heavy (non-hydrogen) atoms. The minimum absolute atomic E-state index is 0.228. The first-order chi connectivity index (χ1) is 9.34. The summed E-state index contributed by atoms with van der Waals surface area (Å²) in [5.74, 6) is 0.563. The Balaban J connectivity index is 2.41. The van der Waals surface area contributed by atoms with Crippen LogP contribution in [0.15, 0.2) is 29.2 Å². The van der Waals surface area contributed by atoms with Gasteiger partial charge < -0.3 is 4.90 Å². The van der Waals surface area contributed by atoms with Gasteiger partial charge in [0.25, 0.3) is 0 Å². The molecule has 0 bridgehead atoms. The third-order valence-electron chi connectivity index (χ3n) is 2.71. The Kier molecular flexibility index (Phi) is 3.73. The number of hydrogen-bond acceptors (Lipinski definition) is 6. The van der Waals surface area contributed by atoms with E-state index in [2.05, 4.69) is 15.5 Å². The van der Waals surface area contributed by atoms with Crippen molar-refractivity contribution in [3.63, 3.8) is 0 Å². The van der Waals surface area contributed by atoms with E-state index in [1.54, 1.807) is 17.0 Å². The smallest absolute Gasteiger partial charge is 0.249 e. The predicted molar refractivity (Wildman–Crippen MR) is 74.4 cm³/mol. The Morgan fingerprint density at radius 1 is 1.05 bits per heavy atom. The zero-order valence-electron chi connectivity index (χ0n) is 11.7. The molecule has 8 nitrogen and oxygen atoms in total. The molecule has 0 amide bonds. The molecule has 0 radical (unpaired) electrons. The summed E-state index contributed by atoms with van der Waals surface area (Å²) in [6, 6.07) is 6.40. The fraction of sp³-hybridized carbons (Fsp3) is 0.364. The molecule has 0 aliphatic carbocycles. The molecule has 0 N–H and O–H groups in total. The molecular weight excluding hydrogens is 280 g/mol. The highest BCUT2D eigenvalue weighted by Crippen LogP contribution is 2.18. The highest BCUT2D eigenvalue weighted by Gasteiger charge is 2.17. The molecule has 0 saturated heterocycles. The van der Waals surface area contributed by atoms with Crippen LogP contribution >= 0.6 is 0 Å². The molecule has 9 heteroatoms. The van der Waals surface area contributed by atoms with Gasteiger partial charge in [-0.15, -0.1) is 0 Å². The van der Waals surface area contributed by atoms with E-state index in [4.69, 9.17) is 0 Å². The van der Waals surface area contributed by atoms with Crippen LogP contribution in [0.4, 0.5) is 5.95 Å². The minimum Gasteiger partial charge on any atom is -0.345 e. The normalized spacial score (nSPS) is 11.8. The van der Waals surface area contributed by atoms with Crippen molar-refractivity contribution in [1.82, 2.24) is 24.5 Å². The Hall–Kier alpha value is -2.00. The molecule has 0 spiro atoms. The first-order valence-electron chi connectivity index (χ1n) is 5.82. The third kappa shape index (κ3) is 2.49. The van der Waals surface area contributed by atoms with E-state index in [1.807, 2.05) is 14.1 Å². The minimum atomic E-state index is -3.43. The second-order valence-corrected chi connectivity index (χ2v) is 6.72. The lowest BCUT2D eigenvalue weighted by atomic mass is 10.3. The maximum atomic E-state index is 12.0. The van der Waals surface area contributed by atoms with Gasteiger partial charge in [-0.05, 0) is 34.7 Å². The van der Waals surface area contributed by atoms with Crippen LogP contribution in [0.3, 0.4) is 0 Å². The highest BCUT2D eigenvalue weighted by molar-refractivity contribution is 7.89. The van der Waals surface area contributed by atoms with Gasteiger partial charge in [-0.2, -0.15) is 4.68 Å². The zero-order valence-corrected chi connectivity index (χ0v) is 12.5. The molecule has 1 heterocycles. The second kappa shape index (κ2) is 5.17. The van der Waals surface area contributed by atoms with Gasteiger partial charge >= 0.3 is 0 Å². The van der Waals surface area contributed by atoms with Gasteiger partial charge in [-0.1, -0.05) is 5.10 Å². The molecule has 1 aromatic heterocycles. The molecule has 0 aliphatic rings. The first-order valence-corrected chi connectivity index (χ1v) is 7.26. The number of tetrazole rings is 1. The average Bonchev–Trinajstić information content (AvgIpc) is 2.88. The van der Waals surface area contributed by atoms with Crippen molar-refractivity contribution in [1.29, 1.82) is 0 Å². The summed E-state index contributed by atoms with van der Waals surface area (Å²) in [6.45, 7) is 0. The molecule has 108 valence electrons. The fourth-order valence-corrected chi connectivity index (χ4v) is 2.50. The summed E-state index contributed by atoms with van der Waals surface area (Å²) in [6.07, 6.45) is 0. The summed E-state index contributed by atoms with van der Waals surface area (Å²) in [5.41, 5.74) is 0.691. The van der Waals surface area contributed by atoms with Crippen molar-refractivity contribution < 1.29 is 8.42 Å². The quantitative estimate of drug-likeness (QED) is 0.788. The van der Waals surface area contributed by atoms with E-state index in [9.17, 15) is 8.42 Å². The molecule has 0 saturated carbocycles. The summed E-state index contributed by atoms with van der Waals surface area (Å²) in [4.78, 5) is 2.00. The highest BCUT2D eigenvalue weighted by atomic mass is 32.2. The van der Waals surface area contributed by atoms with E-state index in [-0.39, 0.29) is 4.90 Å². The van der Waals surface area contributed by atoms with Gasteiger partial charge in [0.1, 0.15) is 0 Å². The summed E-state index contributed by atoms with van der Waals surface area (Å²) < 4.78 is 26.7. The Bertz CT molecular complexity index is 690. The van der Waals surface area contributed by atoms with Crippen LogP contribution in [0.1, 0.15) is 0 Å².